The summed E-state index contributed by atoms with van der Waals surface area (Å²) in [6, 6.07) is -4.07. The Balaban J connectivity index is 3.46. The molecular formula is C47H74N10O16. The van der Waals surface area contributed by atoms with Gasteiger partial charge in [-0.3, -0.25) is 57.5 Å². The summed E-state index contributed by atoms with van der Waals surface area (Å²) in [7, 11) is 0. The Bertz CT molecular complexity index is 2090. The van der Waals surface area contributed by atoms with Crippen molar-refractivity contribution in [3.05, 3.63) is 35.9 Å². The van der Waals surface area contributed by atoms with E-state index in [1.54, 1.807) is 51.1 Å². The number of hydrogen-bond acceptors (Lipinski definition) is 14. The van der Waals surface area contributed by atoms with E-state index in [2.05, 4.69) is 47.9 Å². The lowest BCUT2D eigenvalue weighted by Gasteiger charge is -2.29. The number of aliphatic hydroxyl groups excluding tert-OH is 2. The molecule has 0 aromatic heterocycles. The maximum atomic E-state index is 14.0. The first kappa shape index (κ1) is 63.8. The third-order valence-corrected chi connectivity index (χ3v) is 11.1. The van der Waals surface area contributed by atoms with Gasteiger partial charge in [0.25, 0.3) is 0 Å². The summed E-state index contributed by atoms with van der Waals surface area (Å²) in [5, 5.41) is 61.1. The highest BCUT2D eigenvalue weighted by molar-refractivity contribution is 5.99. The first-order chi connectivity index (χ1) is 34.1. The molecule has 0 fully saturated rings. The second kappa shape index (κ2) is 32.0. The molecule has 0 aliphatic carbocycles. The highest BCUT2D eigenvalue weighted by Crippen LogP contribution is 2.13. The molecule has 10 amide bonds. The van der Waals surface area contributed by atoms with Crippen molar-refractivity contribution in [1.82, 2.24) is 47.9 Å². The van der Waals surface area contributed by atoms with Gasteiger partial charge < -0.3 is 74.0 Å². The molecule has 1 aromatic carbocycles. The first-order valence-electron chi connectivity index (χ1n) is 23.8. The number of carboxylic acids is 2. The van der Waals surface area contributed by atoms with Crippen molar-refractivity contribution in [2.24, 2.45) is 23.5 Å². The number of nitrogens with two attached hydrogens (primary N) is 1. The van der Waals surface area contributed by atoms with Gasteiger partial charge in [0.1, 0.15) is 48.3 Å². The van der Waals surface area contributed by atoms with E-state index < -0.39 is 164 Å². The van der Waals surface area contributed by atoms with Crippen molar-refractivity contribution >= 4 is 71.0 Å². The average Bonchev–Trinajstić information content (AvgIpc) is 3.30. The number of aliphatic carboxylic acids is 2. The zero-order valence-electron chi connectivity index (χ0n) is 42.4. The molecule has 0 unspecified atom stereocenters. The lowest BCUT2D eigenvalue weighted by molar-refractivity contribution is -0.142. The highest BCUT2D eigenvalue weighted by Gasteiger charge is 2.37. The molecule has 0 spiro atoms. The fraction of sp³-hybridized carbons (Fsp3) is 0.617. The van der Waals surface area contributed by atoms with Crippen molar-refractivity contribution in [3.8, 4) is 0 Å². The average molecular weight is 1040 g/mol. The molecule has 0 saturated heterocycles. The molecule has 0 bridgehead atoms. The number of aliphatic hydroxyl groups is 2. The van der Waals surface area contributed by atoms with Gasteiger partial charge in [0, 0.05) is 19.8 Å². The van der Waals surface area contributed by atoms with Gasteiger partial charge in [0.05, 0.1) is 25.7 Å². The van der Waals surface area contributed by atoms with Crippen molar-refractivity contribution in [2.45, 2.75) is 155 Å². The first-order valence-corrected chi connectivity index (χ1v) is 23.8. The topological polar surface area (TPSA) is 420 Å². The van der Waals surface area contributed by atoms with Crippen LogP contribution in [0.25, 0.3) is 0 Å². The molecule has 15 N–H and O–H groups in total. The quantitative estimate of drug-likeness (QED) is 0.0326. The molecule has 0 aliphatic heterocycles. The molecule has 408 valence electrons. The number of hydrogen-bond donors (Lipinski definition) is 14. The van der Waals surface area contributed by atoms with Crippen molar-refractivity contribution in [1.29, 1.82) is 0 Å². The van der Waals surface area contributed by atoms with E-state index in [9.17, 15) is 78.0 Å². The van der Waals surface area contributed by atoms with Crippen molar-refractivity contribution < 1.29 is 78.0 Å². The zero-order valence-corrected chi connectivity index (χ0v) is 42.4. The number of nitrogens with one attached hydrogen (secondary N) is 9. The number of primary amides is 1. The molecule has 0 saturated carbocycles. The summed E-state index contributed by atoms with van der Waals surface area (Å²) in [5.74, 6) is -13.9. The Labute approximate surface area is 423 Å². The number of carbonyl (C=O) groups excluding carboxylic acids is 10. The van der Waals surface area contributed by atoms with Crippen molar-refractivity contribution in [3.63, 3.8) is 0 Å². The van der Waals surface area contributed by atoms with Crippen molar-refractivity contribution in [2.75, 3.05) is 13.2 Å². The normalized spacial score (nSPS) is 15.2. The third kappa shape index (κ3) is 24.2. The summed E-state index contributed by atoms with van der Waals surface area (Å²) < 4.78 is 0. The summed E-state index contributed by atoms with van der Waals surface area (Å²) in [5.41, 5.74) is 5.66. The second-order valence-electron chi connectivity index (χ2n) is 18.5. The molecular weight excluding hydrogens is 961 g/mol. The lowest BCUT2D eigenvalue weighted by Crippen LogP contribution is -2.62. The number of carboxylic acid groups (broad SMARTS) is 2. The van der Waals surface area contributed by atoms with Gasteiger partial charge in [-0.15, -0.1) is 0 Å². The van der Waals surface area contributed by atoms with Crippen LogP contribution < -0.4 is 53.6 Å². The van der Waals surface area contributed by atoms with Crippen LogP contribution in [0.5, 0.6) is 0 Å². The molecule has 0 radical (unpaired) electrons. The Morgan fingerprint density at radius 3 is 1.49 bits per heavy atom. The van der Waals surface area contributed by atoms with Gasteiger partial charge in [-0.2, -0.15) is 0 Å². The Kier molecular flexibility index (Phi) is 27.9. The van der Waals surface area contributed by atoms with E-state index in [1.165, 1.54) is 13.8 Å². The van der Waals surface area contributed by atoms with Gasteiger partial charge in [-0.05, 0) is 49.5 Å². The van der Waals surface area contributed by atoms with Crippen LogP contribution in [0.1, 0.15) is 99.5 Å². The molecule has 0 aliphatic rings. The number of benzene rings is 1. The van der Waals surface area contributed by atoms with Crippen LogP contribution in [0.3, 0.4) is 0 Å². The Hall–Kier alpha value is -7.22. The molecule has 26 nitrogen and oxygen atoms in total. The van der Waals surface area contributed by atoms with Crippen LogP contribution in [0.4, 0.5) is 0 Å². The zero-order chi connectivity index (χ0) is 55.7. The minimum Gasteiger partial charge on any atom is -0.481 e. The van der Waals surface area contributed by atoms with Crippen LogP contribution in [0.2, 0.25) is 0 Å². The fourth-order valence-electron chi connectivity index (χ4n) is 7.07. The summed E-state index contributed by atoms with van der Waals surface area (Å²) >= 11 is 0. The predicted octanol–water partition coefficient (Wildman–Crippen LogP) is -3.42. The molecule has 10 atom stereocenters. The van der Waals surface area contributed by atoms with Crippen LogP contribution in [0.15, 0.2) is 30.3 Å². The van der Waals surface area contributed by atoms with E-state index in [4.69, 9.17) is 5.73 Å². The molecule has 0 heterocycles. The van der Waals surface area contributed by atoms with Crippen LogP contribution in [0, 0.1) is 17.8 Å². The maximum absolute atomic E-state index is 14.0. The van der Waals surface area contributed by atoms with E-state index in [0.29, 0.717) is 5.56 Å². The monoisotopic (exact) mass is 1030 g/mol. The van der Waals surface area contributed by atoms with E-state index in [0.717, 1.165) is 6.92 Å². The van der Waals surface area contributed by atoms with Gasteiger partial charge in [-0.25, -0.2) is 0 Å². The maximum Gasteiger partial charge on any atom is 0.305 e. The SMILES string of the molecule is CC[C@H](C)[C@H](NC(=O)[C@H](CO)NC(=O)[C@H](Cc1ccccc1)NC(=O)[C@H](CC(C)C)NC(C)=O)C(=O)N[C@@H](CC(=O)O)C(=O)N[C@@H](CCC(=O)O)C(=O)N[C@@H](CC(C)C)C(=O)N[C@H](C(=O)NCC(N)=O)[C@@H](C)O. The van der Waals surface area contributed by atoms with Gasteiger partial charge in [-0.1, -0.05) is 78.3 Å². The second-order valence-corrected chi connectivity index (χ2v) is 18.5. The largest absolute Gasteiger partial charge is 0.481 e. The van der Waals surface area contributed by atoms with Crippen LogP contribution in [-0.2, 0) is 64.0 Å². The Morgan fingerprint density at radius 1 is 0.548 bits per heavy atom. The highest BCUT2D eigenvalue weighted by atomic mass is 16.4. The standard InChI is InChI=1S/C47H74N10O16/c1-9-25(6)38(56-45(71)34(22-58)55-42(68)32(19-28-13-11-10-12-14-28)53-41(67)30(17-23(2)3)50-27(8)60)47(73)54-33(20-37(64)65)43(69)51-29(15-16-36(62)63)40(66)52-31(18-24(4)5)44(70)57-39(26(7)59)46(72)49-21-35(48)61/h10-14,23-26,29-34,38-39,58-59H,9,15-22H2,1-8H3,(H2,48,61)(H,49,72)(H,50,60)(H,51,69)(H,52,66)(H,53,67)(H,54,73)(H,55,68)(H,56,71)(H,57,70)(H,62,63)(H,64,65)/t25-,26+,29-,30-,31-,32-,33-,34-,38-,39-/m0/s1. The van der Waals surface area contributed by atoms with Gasteiger partial charge in [0.15, 0.2) is 0 Å². The smallest absolute Gasteiger partial charge is 0.305 e. The number of rotatable bonds is 33. The van der Waals surface area contributed by atoms with E-state index in [-0.39, 0.29) is 37.5 Å². The molecule has 1 rings (SSSR count). The molecule has 1 aromatic rings. The van der Waals surface area contributed by atoms with Gasteiger partial charge >= 0.3 is 11.9 Å². The number of amides is 10. The minimum atomic E-state index is -1.98. The fourth-order valence-corrected chi connectivity index (χ4v) is 7.07. The van der Waals surface area contributed by atoms with Gasteiger partial charge in [0.2, 0.25) is 59.1 Å². The minimum absolute atomic E-state index is 0.0446. The Morgan fingerprint density at radius 2 is 1.00 bits per heavy atom. The van der Waals surface area contributed by atoms with Crippen LogP contribution >= 0.6 is 0 Å². The lowest BCUT2D eigenvalue weighted by atomic mass is 9.97. The van der Waals surface area contributed by atoms with E-state index >= 15 is 0 Å². The molecule has 26 heteroatoms. The summed E-state index contributed by atoms with van der Waals surface area (Å²) in [4.78, 5) is 156. The predicted molar refractivity (Wildman–Crippen MR) is 260 cm³/mol. The summed E-state index contributed by atoms with van der Waals surface area (Å²) in [6.07, 6.45) is -3.75. The van der Waals surface area contributed by atoms with E-state index in [1.807, 2.05) is 13.8 Å². The number of carbonyl (C=O) groups is 12. The summed E-state index contributed by atoms with van der Waals surface area (Å²) in [6.45, 7) is 10.9. The van der Waals surface area contributed by atoms with Crippen LogP contribution in [-0.4, -0.2) is 159 Å². The third-order valence-electron chi connectivity index (χ3n) is 11.1. The molecule has 73 heavy (non-hydrogen) atoms.